The summed E-state index contributed by atoms with van der Waals surface area (Å²) in [6.45, 7) is 0.470. The Labute approximate surface area is 120 Å². The van der Waals surface area contributed by atoms with Gasteiger partial charge in [-0.15, -0.1) is 0 Å². The standard InChI is InChI=1S/C13H13N5OS/c14-8-9-2-1-3-10(6-9)19-4-5-20-13-17-11(15)7-12(16)18-13/h1-3,6-7H,4-5H2,(H4,15,16,17,18). The van der Waals surface area contributed by atoms with Crippen LogP contribution in [0.2, 0.25) is 0 Å². The quantitative estimate of drug-likeness (QED) is 0.489. The third-order valence-electron chi connectivity index (χ3n) is 2.29. The molecule has 0 amide bonds. The van der Waals surface area contributed by atoms with Crippen molar-refractivity contribution in [2.24, 2.45) is 0 Å². The van der Waals surface area contributed by atoms with Crippen LogP contribution in [-0.2, 0) is 0 Å². The minimum absolute atomic E-state index is 0.350. The number of aromatic nitrogens is 2. The van der Waals surface area contributed by atoms with E-state index >= 15 is 0 Å². The minimum atomic E-state index is 0.350. The lowest BCUT2D eigenvalue weighted by Gasteiger charge is -2.06. The summed E-state index contributed by atoms with van der Waals surface area (Å²) in [4.78, 5) is 8.11. The first-order chi connectivity index (χ1) is 9.67. The van der Waals surface area contributed by atoms with E-state index in [1.54, 1.807) is 24.3 Å². The summed E-state index contributed by atoms with van der Waals surface area (Å²) in [6, 6.07) is 10.6. The number of ether oxygens (including phenoxy) is 1. The van der Waals surface area contributed by atoms with Crippen molar-refractivity contribution in [3.8, 4) is 11.8 Å². The number of rotatable bonds is 5. The molecule has 0 radical (unpaired) electrons. The third-order valence-corrected chi connectivity index (χ3v) is 3.10. The Balaban J connectivity index is 1.83. The molecule has 2 aromatic rings. The van der Waals surface area contributed by atoms with E-state index in [9.17, 15) is 0 Å². The molecule has 0 spiro atoms. The van der Waals surface area contributed by atoms with Crippen LogP contribution in [0, 0.1) is 11.3 Å². The summed E-state index contributed by atoms with van der Waals surface area (Å²) in [6.07, 6.45) is 0. The first kappa shape index (κ1) is 14.0. The normalized spacial score (nSPS) is 9.95. The largest absolute Gasteiger partial charge is 0.493 e. The Morgan fingerprint density at radius 2 is 1.95 bits per heavy atom. The number of thioether (sulfide) groups is 1. The molecule has 1 aromatic carbocycles. The molecule has 0 unspecified atom stereocenters. The zero-order chi connectivity index (χ0) is 14.4. The topological polar surface area (TPSA) is 111 Å². The summed E-state index contributed by atoms with van der Waals surface area (Å²) in [7, 11) is 0. The van der Waals surface area contributed by atoms with Crippen molar-refractivity contribution >= 4 is 23.4 Å². The highest BCUT2D eigenvalue weighted by Crippen LogP contribution is 2.17. The maximum atomic E-state index is 8.78. The summed E-state index contributed by atoms with van der Waals surface area (Å²) in [5, 5.41) is 9.31. The Bertz CT molecular complexity index is 621. The van der Waals surface area contributed by atoms with Gasteiger partial charge in [0, 0.05) is 11.8 Å². The summed E-state index contributed by atoms with van der Waals surface area (Å²) >= 11 is 1.41. The number of nitrogens with two attached hydrogens (primary N) is 2. The molecule has 7 heteroatoms. The van der Waals surface area contributed by atoms with Gasteiger partial charge in [0.2, 0.25) is 0 Å². The molecule has 4 N–H and O–H groups in total. The van der Waals surface area contributed by atoms with Crippen molar-refractivity contribution in [2.75, 3.05) is 23.8 Å². The summed E-state index contributed by atoms with van der Waals surface area (Å²) < 4.78 is 5.54. The highest BCUT2D eigenvalue weighted by Gasteiger charge is 2.02. The van der Waals surface area contributed by atoms with Gasteiger partial charge >= 0.3 is 0 Å². The molecule has 0 fully saturated rings. The average Bonchev–Trinajstić information content (AvgIpc) is 2.43. The molecule has 0 aliphatic heterocycles. The van der Waals surface area contributed by atoms with Gasteiger partial charge in [0.1, 0.15) is 17.4 Å². The molecule has 6 nitrogen and oxygen atoms in total. The number of nitriles is 1. The fourth-order valence-electron chi connectivity index (χ4n) is 1.47. The van der Waals surface area contributed by atoms with Gasteiger partial charge in [0.05, 0.1) is 18.2 Å². The highest BCUT2D eigenvalue weighted by atomic mass is 32.2. The average molecular weight is 287 g/mol. The Morgan fingerprint density at radius 3 is 2.65 bits per heavy atom. The van der Waals surface area contributed by atoms with Gasteiger partial charge in [-0.1, -0.05) is 17.8 Å². The van der Waals surface area contributed by atoms with Gasteiger partial charge in [-0.25, -0.2) is 9.97 Å². The molecule has 0 saturated carbocycles. The second-order valence-electron chi connectivity index (χ2n) is 3.84. The van der Waals surface area contributed by atoms with Crippen LogP contribution in [0.15, 0.2) is 35.5 Å². The SMILES string of the molecule is N#Cc1cccc(OCCSc2nc(N)cc(N)n2)c1. The van der Waals surface area contributed by atoms with E-state index in [1.807, 2.05) is 0 Å². The molecule has 1 aromatic heterocycles. The van der Waals surface area contributed by atoms with Crippen LogP contribution >= 0.6 is 11.8 Å². The van der Waals surface area contributed by atoms with Gasteiger partial charge in [0.15, 0.2) is 5.16 Å². The zero-order valence-electron chi connectivity index (χ0n) is 10.6. The van der Waals surface area contributed by atoms with Gasteiger partial charge < -0.3 is 16.2 Å². The highest BCUT2D eigenvalue weighted by molar-refractivity contribution is 7.99. The lowest BCUT2D eigenvalue weighted by molar-refractivity contribution is 0.344. The smallest absolute Gasteiger partial charge is 0.191 e. The van der Waals surface area contributed by atoms with E-state index < -0.39 is 0 Å². The fraction of sp³-hybridized carbons (Fsp3) is 0.154. The number of hydrogen-bond acceptors (Lipinski definition) is 7. The summed E-state index contributed by atoms with van der Waals surface area (Å²) in [5.41, 5.74) is 11.7. The van der Waals surface area contributed by atoms with Crippen LogP contribution in [0.1, 0.15) is 5.56 Å². The van der Waals surface area contributed by atoms with Crippen molar-refractivity contribution in [1.82, 2.24) is 9.97 Å². The molecular weight excluding hydrogens is 274 g/mol. The van der Waals surface area contributed by atoms with Crippen LogP contribution in [0.4, 0.5) is 11.6 Å². The molecule has 2 rings (SSSR count). The zero-order valence-corrected chi connectivity index (χ0v) is 11.4. The van der Waals surface area contributed by atoms with E-state index in [4.69, 9.17) is 21.5 Å². The lowest BCUT2D eigenvalue weighted by atomic mass is 10.2. The molecule has 102 valence electrons. The Hall–Kier alpha value is -2.46. The lowest BCUT2D eigenvalue weighted by Crippen LogP contribution is -2.03. The fourth-order valence-corrected chi connectivity index (χ4v) is 2.16. The number of nitrogen functional groups attached to an aromatic ring is 2. The number of hydrogen-bond donors (Lipinski definition) is 2. The van der Waals surface area contributed by atoms with E-state index in [-0.39, 0.29) is 0 Å². The van der Waals surface area contributed by atoms with E-state index in [0.29, 0.717) is 40.5 Å². The monoisotopic (exact) mass is 287 g/mol. The van der Waals surface area contributed by atoms with Crippen LogP contribution in [0.25, 0.3) is 0 Å². The minimum Gasteiger partial charge on any atom is -0.493 e. The molecule has 0 atom stereocenters. The predicted molar refractivity (Wildman–Crippen MR) is 78.2 cm³/mol. The molecule has 1 heterocycles. The second-order valence-corrected chi connectivity index (χ2v) is 4.90. The van der Waals surface area contributed by atoms with Crippen LogP contribution in [-0.4, -0.2) is 22.3 Å². The molecule has 0 saturated heterocycles. The van der Waals surface area contributed by atoms with Gasteiger partial charge in [-0.2, -0.15) is 5.26 Å². The second kappa shape index (κ2) is 6.63. The predicted octanol–water partition coefficient (Wildman–Crippen LogP) is 1.68. The molecule has 0 aliphatic carbocycles. The van der Waals surface area contributed by atoms with Gasteiger partial charge in [-0.05, 0) is 18.2 Å². The number of anilines is 2. The van der Waals surface area contributed by atoms with Crippen molar-refractivity contribution < 1.29 is 4.74 Å². The van der Waals surface area contributed by atoms with E-state index in [2.05, 4.69) is 16.0 Å². The van der Waals surface area contributed by atoms with E-state index in [1.165, 1.54) is 17.8 Å². The van der Waals surface area contributed by atoms with Gasteiger partial charge in [-0.3, -0.25) is 0 Å². The maximum absolute atomic E-state index is 8.78. The van der Waals surface area contributed by atoms with Crippen LogP contribution in [0.5, 0.6) is 5.75 Å². The molecular formula is C13H13N5OS. The summed E-state index contributed by atoms with van der Waals surface area (Å²) in [5.74, 6) is 2.02. The van der Waals surface area contributed by atoms with Gasteiger partial charge in [0.25, 0.3) is 0 Å². The van der Waals surface area contributed by atoms with Crippen molar-refractivity contribution in [3.05, 3.63) is 35.9 Å². The first-order valence-electron chi connectivity index (χ1n) is 5.83. The molecule has 0 aliphatic rings. The van der Waals surface area contributed by atoms with Crippen molar-refractivity contribution in [2.45, 2.75) is 5.16 Å². The number of nitrogens with zero attached hydrogens (tertiary/aromatic N) is 3. The van der Waals surface area contributed by atoms with Crippen LogP contribution < -0.4 is 16.2 Å². The first-order valence-corrected chi connectivity index (χ1v) is 6.82. The Kier molecular flexibility index (Phi) is 4.63. The van der Waals surface area contributed by atoms with Crippen LogP contribution in [0.3, 0.4) is 0 Å². The van der Waals surface area contributed by atoms with E-state index in [0.717, 1.165) is 0 Å². The maximum Gasteiger partial charge on any atom is 0.191 e. The van der Waals surface area contributed by atoms with Crippen molar-refractivity contribution in [3.63, 3.8) is 0 Å². The Morgan fingerprint density at radius 1 is 1.20 bits per heavy atom. The molecule has 0 bridgehead atoms. The van der Waals surface area contributed by atoms with Crippen molar-refractivity contribution in [1.29, 1.82) is 5.26 Å². The molecule has 20 heavy (non-hydrogen) atoms. The third kappa shape index (κ3) is 4.03. The number of benzene rings is 1.